The van der Waals surface area contributed by atoms with E-state index in [1.54, 1.807) is 24.3 Å². The van der Waals surface area contributed by atoms with Crippen LogP contribution >= 0.6 is 12.2 Å². The molecule has 106 valence electrons. The van der Waals surface area contributed by atoms with Crippen LogP contribution in [0.2, 0.25) is 0 Å². The fourth-order valence-corrected chi connectivity index (χ4v) is 2.79. The van der Waals surface area contributed by atoms with E-state index in [4.69, 9.17) is 12.2 Å². The Hall–Kier alpha value is -2.27. The van der Waals surface area contributed by atoms with Gasteiger partial charge in [0.1, 0.15) is 5.82 Å². The van der Waals surface area contributed by atoms with Crippen LogP contribution in [0.1, 0.15) is 18.5 Å². The highest BCUT2D eigenvalue weighted by Gasteiger charge is 2.13. The molecular weight excluding hydrogens is 287 g/mol. The number of hydrogen-bond donors (Lipinski definition) is 1. The second kappa shape index (κ2) is 5.26. The molecule has 1 aromatic heterocycles. The Kier molecular flexibility index (Phi) is 3.43. The van der Waals surface area contributed by atoms with Gasteiger partial charge in [0.2, 0.25) is 0 Å². The summed E-state index contributed by atoms with van der Waals surface area (Å²) in [7, 11) is 0. The van der Waals surface area contributed by atoms with Crippen LogP contribution in [0.5, 0.6) is 0 Å². The van der Waals surface area contributed by atoms with Crippen molar-refractivity contribution in [2.45, 2.75) is 13.0 Å². The Morgan fingerprint density at radius 2 is 1.95 bits per heavy atom. The summed E-state index contributed by atoms with van der Waals surface area (Å²) in [4.78, 5) is 15.7. The van der Waals surface area contributed by atoms with Gasteiger partial charge in [-0.25, -0.2) is 4.39 Å². The summed E-state index contributed by atoms with van der Waals surface area (Å²) in [5.74, 6) is -0.330. The van der Waals surface area contributed by atoms with Crippen molar-refractivity contribution >= 4 is 23.1 Å². The Balaban J connectivity index is 2.25. The van der Waals surface area contributed by atoms with Gasteiger partial charge in [0, 0.05) is 0 Å². The molecule has 21 heavy (non-hydrogen) atoms. The summed E-state index contributed by atoms with van der Waals surface area (Å²) in [5, 5.41) is 0.564. The largest absolute Gasteiger partial charge is 0.332 e. The van der Waals surface area contributed by atoms with Crippen molar-refractivity contribution in [1.29, 1.82) is 0 Å². The fraction of sp³-hybridized carbons (Fsp3) is 0.125. The second-order valence-electron chi connectivity index (χ2n) is 4.88. The Bertz CT molecular complexity index is 929. The monoisotopic (exact) mass is 300 g/mol. The van der Waals surface area contributed by atoms with Crippen LogP contribution in [-0.2, 0) is 0 Å². The summed E-state index contributed by atoms with van der Waals surface area (Å²) >= 11 is 5.29. The molecule has 3 rings (SSSR count). The number of H-pyrrole nitrogens is 1. The molecule has 2 aromatic carbocycles. The van der Waals surface area contributed by atoms with Gasteiger partial charge in [-0.15, -0.1) is 0 Å². The van der Waals surface area contributed by atoms with E-state index in [1.807, 2.05) is 19.1 Å². The van der Waals surface area contributed by atoms with E-state index in [0.29, 0.717) is 21.2 Å². The smallest absolute Gasteiger partial charge is 0.262 e. The summed E-state index contributed by atoms with van der Waals surface area (Å²) in [6.45, 7) is 1.83. The molecular formula is C16H13FN2OS. The van der Waals surface area contributed by atoms with Gasteiger partial charge in [0.05, 0.1) is 16.9 Å². The molecule has 3 aromatic rings. The highest BCUT2D eigenvalue weighted by Crippen LogP contribution is 2.18. The van der Waals surface area contributed by atoms with Gasteiger partial charge in [-0.3, -0.25) is 9.36 Å². The molecule has 1 heterocycles. The number of nitrogens with zero attached hydrogens (tertiary/aromatic N) is 1. The number of halogens is 1. The van der Waals surface area contributed by atoms with E-state index in [9.17, 15) is 9.18 Å². The molecule has 0 aliphatic heterocycles. The lowest BCUT2D eigenvalue weighted by Crippen LogP contribution is -2.25. The zero-order chi connectivity index (χ0) is 15.0. The molecule has 1 N–H and O–H groups in total. The van der Waals surface area contributed by atoms with Gasteiger partial charge in [-0.1, -0.05) is 24.3 Å². The van der Waals surface area contributed by atoms with Crippen molar-refractivity contribution in [3.8, 4) is 0 Å². The summed E-state index contributed by atoms with van der Waals surface area (Å²) < 4.78 is 15.2. The maximum absolute atomic E-state index is 13.4. The highest BCUT2D eigenvalue weighted by atomic mass is 32.1. The summed E-state index contributed by atoms with van der Waals surface area (Å²) in [5.41, 5.74) is 1.23. The molecule has 1 atom stereocenters. The molecule has 3 nitrogen and oxygen atoms in total. The predicted octanol–water partition coefficient (Wildman–Crippen LogP) is 3.81. The lowest BCUT2D eigenvalue weighted by atomic mass is 10.1. The van der Waals surface area contributed by atoms with Crippen LogP contribution in [0.3, 0.4) is 0 Å². The van der Waals surface area contributed by atoms with E-state index in [1.165, 1.54) is 16.7 Å². The van der Waals surface area contributed by atoms with Crippen LogP contribution in [0.4, 0.5) is 4.39 Å². The van der Waals surface area contributed by atoms with Crippen LogP contribution < -0.4 is 5.56 Å². The maximum atomic E-state index is 13.4. The number of rotatable bonds is 2. The second-order valence-corrected chi connectivity index (χ2v) is 5.27. The van der Waals surface area contributed by atoms with E-state index in [-0.39, 0.29) is 17.4 Å². The van der Waals surface area contributed by atoms with Crippen LogP contribution in [0.25, 0.3) is 10.9 Å². The highest BCUT2D eigenvalue weighted by molar-refractivity contribution is 7.71. The lowest BCUT2D eigenvalue weighted by Gasteiger charge is -2.16. The number of para-hydroxylation sites is 1. The van der Waals surface area contributed by atoms with Crippen molar-refractivity contribution < 1.29 is 4.39 Å². The van der Waals surface area contributed by atoms with Crippen LogP contribution in [0.15, 0.2) is 53.3 Å². The van der Waals surface area contributed by atoms with Crippen LogP contribution in [0, 0.1) is 10.6 Å². The molecule has 0 bridgehead atoms. The SMILES string of the molecule is CC(c1cccc(F)c1)n1c(=S)[nH]c2ccccc2c1=O. The molecule has 0 fully saturated rings. The van der Waals surface area contributed by atoms with Crippen molar-refractivity contribution in [1.82, 2.24) is 9.55 Å². The average molecular weight is 300 g/mol. The van der Waals surface area contributed by atoms with Gasteiger partial charge < -0.3 is 4.98 Å². The molecule has 1 unspecified atom stereocenters. The first kappa shape index (κ1) is 13.7. The first-order valence-electron chi connectivity index (χ1n) is 6.57. The molecule has 0 spiro atoms. The van der Waals surface area contributed by atoms with E-state index in [0.717, 1.165) is 0 Å². The third-order valence-electron chi connectivity index (χ3n) is 3.56. The van der Waals surface area contributed by atoms with Crippen molar-refractivity contribution in [3.05, 3.63) is 75.0 Å². The van der Waals surface area contributed by atoms with E-state index < -0.39 is 0 Å². The van der Waals surface area contributed by atoms with Gasteiger partial charge in [-0.05, 0) is 49.0 Å². The molecule has 0 saturated heterocycles. The average Bonchev–Trinajstić information content (AvgIpc) is 2.47. The van der Waals surface area contributed by atoms with Crippen molar-refractivity contribution in [2.75, 3.05) is 0 Å². The van der Waals surface area contributed by atoms with Crippen molar-refractivity contribution in [2.24, 2.45) is 0 Å². The Morgan fingerprint density at radius 3 is 2.71 bits per heavy atom. The number of fused-ring (bicyclic) bond motifs is 1. The molecule has 0 radical (unpaired) electrons. The lowest BCUT2D eigenvalue weighted by molar-refractivity contribution is 0.584. The number of aromatic amines is 1. The molecule has 0 aliphatic carbocycles. The molecule has 0 amide bonds. The molecule has 0 saturated carbocycles. The van der Waals surface area contributed by atoms with Crippen LogP contribution in [-0.4, -0.2) is 9.55 Å². The topological polar surface area (TPSA) is 37.8 Å². The molecule has 0 aliphatic rings. The van der Waals surface area contributed by atoms with Gasteiger partial charge in [0.15, 0.2) is 4.77 Å². The standard InChI is InChI=1S/C16H13FN2OS/c1-10(11-5-4-6-12(17)9-11)19-15(20)13-7-2-3-8-14(13)18-16(19)21/h2-10H,1H3,(H,18,21). The summed E-state index contributed by atoms with van der Waals surface area (Å²) in [6, 6.07) is 13.1. The number of hydrogen-bond acceptors (Lipinski definition) is 2. The quantitative estimate of drug-likeness (QED) is 0.731. The third kappa shape index (κ3) is 2.40. The van der Waals surface area contributed by atoms with Crippen molar-refractivity contribution in [3.63, 3.8) is 0 Å². The van der Waals surface area contributed by atoms with Gasteiger partial charge in [0.25, 0.3) is 5.56 Å². The maximum Gasteiger partial charge on any atom is 0.262 e. The van der Waals surface area contributed by atoms with Gasteiger partial charge >= 0.3 is 0 Å². The fourth-order valence-electron chi connectivity index (χ4n) is 2.44. The zero-order valence-electron chi connectivity index (χ0n) is 11.3. The Morgan fingerprint density at radius 1 is 1.19 bits per heavy atom. The number of benzene rings is 2. The van der Waals surface area contributed by atoms with E-state index in [2.05, 4.69) is 4.98 Å². The minimum Gasteiger partial charge on any atom is -0.332 e. The molecule has 5 heteroatoms. The number of nitrogens with one attached hydrogen (secondary N) is 1. The minimum absolute atomic E-state index is 0.175. The first-order chi connectivity index (χ1) is 10.1. The third-order valence-corrected chi connectivity index (χ3v) is 3.85. The van der Waals surface area contributed by atoms with E-state index >= 15 is 0 Å². The first-order valence-corrected chi connectivity index (χ1v) is 6.98. The summed E-state index contributed by atoms with van der Waals surface area (Å²) in [6.07, 6.45) is 0. The predicted molar refractivity (Wildman–Crippen MR) is 83.6 cm³/mol. The Labute approximate surface area is 125 Å². The number of aromatic nitrogens is 2. The normalized spacial score (nSPS) is 12.5. The minimum atomic E-state index is -0.346. The van der Waals surface area contributed by atoms with Gasteiger partial charge in [-0.2, -0.15) is 0 Å². The zero-order valence-corrected chi connectivity index (χ0v) is 12.2.